The Morgan fingerprint density at radius 1 is 1.04 bits per heavy atom. The number of carbonyl (C=O) groups excluding carboxylic acids is 1. The molecule has 2 heterocycles. The van der Waals surface area contributed by atoms with Gasteiger partial charge in [0.1, 0.15) is 5.82 Å². The van der Waals surface area contributed by atoms with Crippen molar-refractivity contribution < 1.29 is 9.18 Å². The molecule has 0 radical (unpaired) electrons. The first-order valence-electron chi connectivity index (χ1n) is 8.64. The lowest BCUT2D eigenvalue weighted by atomic mass is 9.89. The summed E-state index contributed by atoms with van der Waals surface area (Å²) in [6.07, 6.45) is 1.55. The quantitative estimate of drug-likeness (QED) is 0.640. The molecule has 0 aliphatic carbocycles. The molecule has 1 saturated heterocycles. The van der Waals surface area contributed by atoms with Crippen LogP contribution in [0, 0.1) is 11.7 Å². The van der Waals surface area contributed by atoms with Crippen LogP contribution in [0.25, 0.3) is 11.4 Å². The summed E-state index contributed by atoms with van der Waals surface area (Å²) in [6.45, 7) is 1.56. The SMILES string of the molecule is O=C(c1ccc(F)cc1)C1CCN(c2nc(-c3ccccc3)ns2)CC1. The van der Waals surface area contributed by atoms with E-state index in [0.717, 1.165) is 42.5 Å². The van der Waals surface area contributed by atoms with E-state index >= 15 is 0 Å². The van der Waals surface area contributed by atoms with Crippen LogP contribution >= 0.6 is 11.5 Å². The molecule has 3 aromatic rings. The van der Waals surface area contributed by atoms with Crippen molar-refractivity contribution in [2.24, 2.45) is 5.92 Å². The van der Waals surface area contributed by atoms with Crippen LogP contribution in [0.4, 0.5) is 9.52 Å². The molecule has 0 atom stereocenters. The molecule has 0 N–H and O–H groups in total. The van der Waals surface area contributed by atoms with Crippen molar-refractivity contribution in [2.75, 3.05) is 18.0 Å². The molecular formula is C20H18FN3OS. The predicted molar refractivity (Wildman–Crippen MR) is 101 cm³/mol. The van der Waals surface area contributed by atoms with Crippen LogP contribution in [0.15, 0.2) is 54.6 Å². The minimum atomic E-state index is -0.318. The highest BCUT2D eigenvalue weighted by Gasteiger charge is 2.27. The Balaban J connectivity index is 1.40. The normalized spacial score (nSPS) is 15.2. The Labute approximate surface area is 155 Å². The Kier molecular flexibility index (Phi) is 4.75. The van der Waals surface area contributed by atoms with Crippen LogP contribution in [0.2, 0.25) is 0 Å². The molecule has 6 heteroatoms. The fourth-order valence-electron chi connectivity index (χ4n) is 3.23. The van der Waals surface area contributed by atoms with E-state index in [1.54, 1.807) is 12.1 Å². The summed E-state index contributed by atoms with van der Waals surface area (Å²) in [4.78, 5) is 19.4. The molecule has 1 aliphatic heterocycles. The number of nitrogens with zero attached hydrogens (tertiary/aromatic N) is 3. The van der Waals surface area contributed by atoms with E-state index in [0.29, 0.717) is 5.56 Å². The van der Waals surface area contributed by atoms with Gasteiger partial charge in [-0.3, -0.25) is 4.79 Å². The largest absolute Gasteiger partial charge is 0.347 e. The highest BCUT2D eigenvalue weighted by atomic mass is 32.1. The summed E-state index contributed by atoms with van der Waals surface area (Å²) in [5, 5.41) is 0.900. The Morgan fingerprint density at radius 2 is 1.73 bits per heavy atom. The van der Waals surface area contributed by atoms with E-state index < -0.39 is 0 Å². The maximum Gasteiger partial charge on any atom is 0.205 e. The Bertz CT molecular complexity index is 887. The van der Waals surface area contributed by atoms with Crippen molar-refractivity contribution in [3.63, 3.8) is 0 Å². The average molecular weight is 367 g/mol. The van der Waals surface area contributed by atoms with Gasteiger partial charge in [0, 0.05) is 41.7 Å². The summed E-state index contributed by atoms with van der Waals surface area (Å²) in [5.74, 6) is 0.516. The number of halogens is 1. The molecule has 0 saturated carbocycles. The number of rotatable bonds is 4. The minimum Gasteiger partial charge on any atom is -0.347 e. The fraction of sp³-hybridized carbons (Fsp3) is 0.250. The van der Waals surface area contributed by atoms with Crippen LogP contribution < -0.4 is 4.90 Å². The second-order valence-electron chi connectivity index (χ2n) is 6.40. The zero-order valence-corrected chi connectivity index (χ0v) is 15.0. The second-order valence-corrected chi connectivity index (χ2v) is 7.13. The van der Waals surface area contributed by atoms with Crippen LogP contribution in [0.5, 0.6) is 0 Å². The molecule has 0 bridgehead atoms. The molecule has 0 spiro atoms. The standard InChI is InChI=1S/C20H18FN3OS/c21-17-8-6-14(7-9-17)18(25)15-10-12-24(13-11-15)20-22-19(23-26-20)16-4-2-1-3-5-16/h1-9,15H,10-13H2. The van der Waals surface area contributed by atoms with Gasteiger partial charge in [-0.25, -0.2) is 4.39 Å². The van der Waals surface area contributed by atoms with Crippen LogP contribution in [0.3, 0.4) is 0 Å². The summed E-state index contributed by atoms with van der Waals surface area (Å²) < 4.78 is 17.5. The van der Waals surface area contributed by atoms with Crippen molar-refractivity contribution in [1.29, 1.82) is 0 Å². The zero-order chi connectivity index (χ0) is 17.9. The van der Waals surface area contributed by atoms with E-state index in [4.69, 9.17) is 0 Å². The predicted octanol–water partition coefficient (Wildman–Crippen LogP) is 4.44. The number of aromatic nitrogens is 2. The molecule has 1 aromatic heterocycles. The van der Waals surface area contributed by atoms with Crippen molar-refractivity contribution in [3.8, 4) is 11.4 Å². The maximum absolute atomic E-state index is 13.0. The number of piperidine rings is 1. The molecule has 2 aromatic carbocycles. The molecule has 4 nitrogen and oxygen atoms in total. The van der Waals surface area contributed by atoms with Crippen molar-refractivity contribution in [2.45, 2.75) is 12.8 Å². The molecular weight excluding hydrogens is 349 g/mol. The van der Waals surface area contributed by atoms with E-state index in [1.807, 2.05) is 30.3 Å². The Hall–Kier alpha value is -2.60. The first-order valence-corrected chi connectivity index (χ1v) is 9.42. The maximum atomic E-state index is 13.0. The minimum absolute atomic E-state index is 0.0155. The number of hydrogen-bond donors (Lipinski definition) is 0. The monoisotopic (exact) mass is 367 g/mol. The van der Waals surface area contributed by atoms with E-state index in [9.17, 15) is 9.18 Å². The van der Waals surface area contributed by atoms with Gasteiger partial charge in [0.15, 0.2) is 11.6 Å². The number of hydrogen-bond acceptors (Lipinski definition) is 5. The first-order chi connectivity index (χ1) is 12.7. The highest BCUT2D eigenvalue weighted by molar-refractivity contribution is 7.09. The average Bonchev–Trinajstić information content (AvgIpc) is 3.19. The van der Waals surface area contributed by atoms with Gasteiger partial charge in [0.05, 0.1) is 0 Å². The molecule has 1 aliphatic rings. The van der Waals surface area contributed by atoms with E-state index in [2.05, 4.69) is 14.3 Å². The molecule has 1 fully saturated rings. The number of Topliss-reactive ketones (excluding diaryl/α,β-unsaturated/α-hetero) is 1. The lowest BCUT2D eigenvalue weighted by molar-refractivity contribution is 0.0900. The summed E-state index contributed by atoms with van der Waals surface area (Å²) >= 11 is 1.40. The lowest BCUT2D eigenvalue weighted by Gasteiger charge is -2.30. The molecule has 0 amide bonds. The van der Waals surface area contributed by atoms with Crippen LogP contribution in [-0.4, -0.2) is 28.2 Å². The van der Waals surface area contributed by atoms with Gasteiger partial charge in [0.2, 0.25) is 5.13 Å². The van der Waals surface area contributed by atoms with Gasteiger partial charge in [0.25, 0.3) is 0 Å². The van der Waals surface area contributed by atoms with Crippen molar-refractivity contribution in [3.05, 3.63) is 66.0 Å². The number of carbonyl (C=O) groups is 1. The number of ketones is 1. The van der Waals surface area contributed by atoms with Crippen LogP contribution in [-0.2, 0) is 0 Å². The summed E-state index contributed by atoms with van der Waals surface area (Å²) in [7, 11) is 0. The molecule has 132 valence electrons. The summed E-state index contributed by atoms with van der Waals surface area (Å²) in [5.41, 5.74) is 1.60. The van der Waals surface area contributed by atoms with Gasteiger partial charge in [-0.1, -0.05) is 30.3 Å². The molecule has 26 heavy (non-hydrogen) atoms. The molecule has 0 unspecified atom stereocenters. The van der Waals surface area contributed by atoms with Gasteiger partial charge in [-0.05, 0) is 37.1 Å². The highest BCUT2D eigenvalue weighted by Crippen LogP contribution is 2.29. The van der Waals surface area contributed by atoms with E-state index in [-0.39, 0.29) is 17.5 Å². The molecule has 4 rings (SSSR count). The first kappa shape index (κ1) is 16.8. The topological polar surface area (TPSA) is 46.1 Å². The number of anilines is 1. The Morgan fingerprint density at radius 3 is 2.42 bits per heavy atom. The van der Waals surface area contributed by atoms with Gasteiger partial charge < -0.3 is 4.90 Å². The third-order valence-electron chi connectivity index (χ3n) is 4.71. The third-order valence-corrected chi connectivity index (χ3v) is 5.49. The lowest BCUT2D eigenvalue weighted by Crippen LogP contribution is -2.36. The fourth-order valence-corrected chi connectivity index (χ4v) is 3.97. The van der Waals surface area contributed by atoms with E-state index in [1.165, 1.54) is 23.7 Å². The summed E-state index contributed by atoms with van der Waals surface area (Å²) in [6, 6.07) is 15.7. The van der Waals surface area contributed by atoms with Gasteiger partial charge >= 0.3 is 0 Å². The van der Waals surface area contributed by atoms with Gasteiger partial charge in [-0.15, -0.1) is 0 Å². The number of benzene rings is 2. The van der Waals surface area contributed by atoms with Gasteiger partial charge in [-0.2, -0.15) is 9.36 Å². The van der Waals surface area contributed by atoms with Crippen molar-refractivity contribution >= 4 is 22.4 Å². The second kappa shape index (κ2) is 7.33. The van der Waals surface area contributed by atoms with Crippen molar-refractivity contribution in [1.82, 2.24) is 9.36 Å². The van der Waals surface area contributed by atoms with Crippen LogP contribution in [0.1, 0.15) is 23.2 Å². The third kappa shape index (κ3) is 3.51. The smallest absolute Gasteiger partial charge is 0.205 e. The zero-order valence-electron chi connectivity index (χ0n) is 14.1.